The first kappa shape index (κ1) is 20.3. The van der Waals surface area contributed by atoms with E-state index in [2.05, 4.69) is 45.6 Å². The number of aromatic nitrogens is 5. The van der Waals surface area contributed by atoms with Crippen LogP contribution in [0.4, 0.5) is 0 Å². The molecule has 31 heavy (non-hydrogen) atoms. The van der Waals surface area contributed by atoms with E-state index in [4.69, 9.17) is 4.74 Å². The van der Waals surface area contributed by atoms with Crippen molar-refractivity contribution < 1.29 is 9.64 Å². The van der Waals surface area contributed by atoms with Crippen molar-refractivity contribution >= 4 is 10.9 Å². The first-order valence-electron chi connectivity index (χ1n) is 11.5. The van der Waals surface area contributed by atoms with E-state index < -0.39 is 0 Å². The molecule has 2 aromatic heterocycles. The van der Waals surface area contributed by atoms with Crippen molar-refractivity contribution in [3.05, 3.63) is 51.1 Å². The zero-order valence-electron chi connectivity index (χ0n) is 18.4. The Morgan fingerprint density at radius 2 is 2.00 bits per heavy atom. The van der Waals surface area contributed by atoms with E-state index in [-0.39, 0.29) is 17.7 Å². The number of ether oxygens (including phenoxy) is 1. The predicted molar refractivity (Wildman–Crippen MR) is 117 cm³/mol. The normalized spacial score (nSPS) is 21.0. The minimum absolute atomic E-state index is 0.0454. The van der Waals surface area contributed by atoms with Crippen LogP contribution in [0.25, 0.3) is 10.9 Å². The Balaban J connectivity index is 1.63. The summed E-state index contributed by atoms with van der Waals surface area (Å²) >= 11 is 0. The lowest BCUT2D eigenvalue weighted by molar-refractivity contribution is -0.931. The highest BCUT2D eigenvalue weighted by Gasteiger charge is 2.35. The molecule has 2 atom stereocenters. The van der Waals surface area contributed by atoms with E-state index in [0.29, 0.717) is 6.54 Å². The summed E-state index contributed by atoms with van der Waals surface area (Å²) in [6.45, 7) is 7.59. The molecule has 0 radical (unpaired) electrons. The molecular formula is C23H31N6O2+. The molecule has 0 amide bonds. The highest BCUT2D eigenvalue weighted by atomic mass is 16.5. The molecule has 2 N–H and O–H groups in total. The van der Waals surface area contributed by atoms with Gasteiger partial charge in [-0.2, -0.15) is 0 Å². The fourth-order valence-corrected chi connectivity index (χ4v) is 5.17. The smallest absolute Gasteiger partial charge is 0.258 e. The number of pyridine rings is 1. The van der Waals surface area contributed by atoms with Gasteiger partial charge >= 0.3 is 0 Å². The molecule has 8 nitrogen and oxygen atoms in total. The second-order valence-electron chi connectivity index (χ2n) is 9.05. The average molecular weight is 424 g/mol. The molecule has 2 aliphatic heterocycles. The summed E-state index contributed by atoms with van der Waals surface area (Å²) in [6.07, 6.45) is 5.79. The molecule has 2 saturated heterocycles. The Bertz CT molecular complexity index is 1120. The third-order valence-electron chi connectivity index (χ3n) is 6.91. The first-order valence-corrected chi connectivity index (χ1v) is 11.5. The predicted octanol–water partition coefficient (Wildman–Crippen LogP) is 1.47. The maximum atomic E-state index is 13.4. The fourth-order valence-electron chi connectivity index (χ4n) is 5.17. The topological polar surface area (TPSA) is 90.1 Å². The Morgan fingerprint density at radius 3 is 2.77 bits per heavy atom. The quantitative estimate of drug-likeness (QED) is 0.649. The van der Waals surface area contributed by atoms with Gasteiger partial charge in [0.05, 0.1) is 36.8 Å². The molecule has 0 spiro atoms. The number of tetrazole rings is 1. The standard InChI is InChI=1S/C23H30N6O2/c1-15-8-9-16(2)20-18(15)13-19(23(30)24-20)21(28-10-4-3-5-11-28)22-25-26-27-29(22)14-17-7-6-12-31-17/h8-9,13,17,21H,3-7,10-12,14H2,1-2H3,(H,24,30)/p+1/t17-,21-/m0/s1. The number of hydrogen-bond acceptors (Lipinski definition) is 5. The SMILES string of the molecule is Cc1ccc(C)c2[nH]c(=O)c([C@@H](c3nnnn3C[C@@H]3CCCO3)[NH+]3CCCCC3)cc12. The molecule has 5 rings (SSSR count). The van der Waals surface area contributed by atoms with Crippen LogP contribution >= 0.6 is 0 Å². The summed E-state index contributed by atoms with van der Waals surface area (Å²) in [5, 5.41) is 13.8. The highest BCUT2D eigenvalue weighted by molar-refractivity contribution is 5.85. The van der Waals surface area contributed by atoms with Gasteiger partial charge < -0.3 is 14.6 Å². The van der Waals surface area contributed by atoms with E-state index in [0.717, 1.165) is 78.8 Å². The van der Waals surface area contributed by atoms with Crippen molar-refractivity contribution in [2.24, 2.45) is 0 Å². The monoisotopic (exact) mass is 423 g/mol. The molecule has 8 heteroatoms. The van der Waals surface area contributed by atoms with Gasteiger partial charge in [-0.25, -0.2) is 4.68 Å². The van der Waals surface area contributed by atoms with E-state index in [1.54, 1.807) is 0 Å². The van der Waals surface area contributed by atoms with E-state index in [9.17, 15) is 4.79 Å². The van der Waals surface area contributed by atoms with Crippen molar-refractivity contribution in [1.29, 1.82) is 0 Å². The van der Waals surface area contributed by atoms with Gasteiger partial charge in [-0.3, -0.25) is 4.79 Å². The van der Waals surface area contributed by atoms with Crippen LogP contribution in [0, 0.1) is 13.8 Å². The van der Waals surface area contributed by atoms with Gasteiger partial charge in [0, 0.05) is 12.0 Å². The molecule has 3 aromatic rings. The number of likely N-dealkylation sites (tertiary alicyclic amines) is 1. The minimum atomic E-state index is -0.190. The van der Waals surface area contributed by atoms with Crippen LogP contribution in [0.3, 0.4) is 0 Å². The molecule has 4 heterocycles. The number of nitrogens with one attached hydrogen (secondary N) is 2. The zero-order valence-corrected chi connectivity index (χ0v) is 18.4. The van der Waals surface area contributed by atoms with Crippen LogP contribution < -0.4 is 10.5 Å². The third kappa shape index (κ3) is 3.90. The lowest BCUT2D eigenvalue weighted by atomic mass is 9.98. The van der Waals surface area contributed by atoms with Crippen molar-refractivity contribution in [3.63, 3.8) is 0 Å². The fraction of sp³-hybridized carbons (Fsp3) is 0.565. The van der Waals surface area contributed by atoms with Crippen LogP contribution in [0.5, 0.6) is 0 Å². The molecule has 0 aliphatic carbocycles. The summed E-state index contributed by atoms with van der Waals surface area (Å²) in [5.74, 6) is 0.766. The van der Waals surface area contributed by atoms with Crippen LogP contribution in [-0.4, -0.2) is 51.0 Å². The summed E-state index contributed by atoms with van der Waals surface area (Å²) in [5.41, 5.74) is 3.86. The Labute approximate surface area is 181 Å². The number of nitrogens with zero attached hydrogens (tertiary/aromatic N) is 4. The molecule has 0 bridgehead atoms. The van der Waals surface area contributed by atoms with Crippen molar-refractivity contribution in [1.82, 2.24) is 25.2 Å². The highest BCUT2D eigenvalue weighted by Crippen LogP contribution is 2.24. The second kappa shape index (κ2) is 8.51. The van der Waals surface area contributed by atoms with Gasteiger partial charge in [0.1, 0.15) is 0 Å². The number of fused-ring (bicyclic) bond motifs is 1. The molecule has 1 aromatic carbocycles. The number of aromatic amines is 1. The number of benzene rings is 1. The number of H-pyrrole nitrogens is 1. The second-order valence-corrected chi connectivity index (χ2v) is 9.05. The summed E-state index contributed by atoms with van der Waals surface area (Å²) in [7, 11) is 0. The zero-order chi connectivity index (χ0) is 21.4. The maximum Gasteiger partial charge on any atom is 0.258 e. The first-order chi connectivity index (χ1) is 15.1. The molecule has 0 unspecified atom stereocenters. The van der Waals surface area contributed by atoms with E-state index >= 15 is 0 Å². The van der Waals surface area contributed by atoms with Gasteiger partial charge in [-0.05, 0) is 73.6 Å². The lowest BCUT2D eigenvalue weighted by Gasteiger charge is -2.31. The Kier molecular flexibility index (Phi) is 5.58. The van der Waals surface area contributed by atoms with Crippen molar-refractivity contribution in [3.8, 4) is 0 Å². The number of aryl methyl sites for hydroxylation is 2. The number of rotatable bonds is 5. The van der Waals surface area contributed by atoms with Crippen molar-refractivity contribution in [2.75, 3.05) is 19.7 Å². The molecule has 0 saturated carbocycles. The third-order valence-corrected chi connectivity index (χ3v) is 6.91. The lowest BCUT2D eigenvalue weighted by Crippen LogP contribution is -3.13. The number of hydrogen-bond donors (Lipinski definition) is 2. The van der Waals surface area contributed by atoms with E-state index in [1.165, 1.54) is 11.3 Å². The summed E-state index contributed by atoms with van der Waals surface area (Å²) in [6, 6.07) is 6.06. The number of quaternary nitrogens is 1. The molecule has 164 valence electrons. The number of piperidine rings is 1. The minimum Gasteiger partial charge on any atom is -0.376 e. The average Bonchev–Trinajstić information content (AvgIpc) is 3.46. The Hall–Kier alpha value is -2.58. The Morgan fingerprint density at radius 1 is 1.19 bits per heavy atom. The van der Waals surface area contributed by atoms with Gasteiger partial charge in [0.25, 0.3) is 5.56 Å². The molecule has 2 aliphatic rings. The van der Waals surface area contributed by atoms with Crippen LogP contribution in [0.1, 0.15) is 60.7 Å². The van der Waals surface area contributed by atoms with Gasteiger partial charge in [0.15, 0.2) is 6.04 Å². The van der Waals surface area contributed by atoms with Gasteiger partial charge in [-0.15, -0.1) is 5.10 Å². The van der Waals surface area contributed by atoms with Crippen LogP contribution in [0.2, 0.25) is 0 Å². The van der Waals surface area contributed by atoms with E-state index in [1.807, 2.05) is 11.6 Å². The van der Waals surface area contributed by atoms with Gasteiger partial charge in [0.2, 0.25) is 5.82 Å². The van der Waals surface area contributed by atoms with Crippen molar-refractivity contribution in [2.45, 2.75) is 64.6 Å². The summed E-state index contributed by atoms with van der Waals surface area (Å²) < 4.78 is 7.70. The molecule has 2 fully saturated rings. The largest absolute Gasteiger partial charge is 0.376 e. The maximum absolute atomic E-state index is 13.4. The summed E-state index contributed by atoms with van der Waals surface area (Å²) in [4.78, 5) is 17.9. The van der Waals surface area contributed by atoms with Crippen LogP contribution in [0.15, 0.2) is 23.0 Å². The van der Waals surface area contributed by atoms with Crippen LogP contribution in [-0.2, 0) is 11.3 Å². The molecular weight excluding hydrogens is 392 g/mol. The van der Waals surface area contributed by atoms with Gasteiger partial charge in [-0.1, -0.05) is 12.1 Å².